The van der Waals surface area contributed by atoms with Crippen LogP contribution in [-0.2, 0) is 16.4 Å². The van der Waals surface area contributed by atoms with Crippen LogP contribution < -0.4 is 0 Å². The zero-order valence-corrected chi connectivity index (χ0v) is 17.8. The fourth-order valence-electron chi connectivity index (χ4n) is 3.67. The molecule has 3 aromatic rings. The summed E-state index contributed by atoms with van der Waals surface area (Å²) in [4.78, 5) is 0.314. The maximum Gasteiger partial charge on any atom is 0.243 e. The molecule has 2 aromatic carbocycles. The first-order chi connectivity index (χ1) is 14.3. The van der Waals surface area contributed by atoms with Gasteiger partial charge in [-0.25, -0.2) is 12.8 Å². The Morgan fingerprint density at radius 2 is 1.87 bits per heavy atom. The lowest BCUT2D eigenvalue weighted by Crippen LogP contribution is -2.39. The Kier molecular flexibility index (Phi) is 5.71. The van der Waals surface area contributed by atoms with E-state index in [4.69, 9.17) is 4.42 Å². The first kappa shape index (κ1) is 20.7. The highest BCUT2D eigenvalue weighted by Gasteiger charge is 2.33. The first-order valence-electron chi connectivity index (χ1n) is 9.97. The molecule has 30 heavy (non-hydrogen) atoms. The largest absolute Gasteiger partial charge is 0.425 e. The van der Waals surface area contributed by atoms with E-state index in [2.05, 4.69) is 10.2 Å². The zero-order valence-electron chi connectivity index (χ0n) is 17.0. The molecule has 1 aliphatic heterocycles. The monoisotopic (exact) mass is 429 g/mol. The summed E-state index contributed by atoms with van der Waals surface area (Å²) in [5.74, 6) is 0.449. The van der Waals surface area contributed by atoms with Crippen LogP contribution in [0.4, 0.5) is 4.39 Å². The predicted octanol–water partition coefficient (Wildman–Crippen LogP) is 3.98. The van der Waals surface area contributed by atoms with Crippen LogP contribution in [0.25, 0.3) is 0 Å². The summed E-state index contributed by atoms with van der Waals surface area (Å²) in [7, 11) is -3.58. The van der Waals surface area contributed by atoms with Crippen LogP contribution in [0.1, 0.15) is 47.2 Å². The Bertz CT molecular complexity index is 1140. The summed E-state index contributed by atoms with van der Waals surface area (Å²) >= 11 is 0. The maximum absolute atomic E-state index is 13.1. The second-order valence-electron chi connectivity index (χ2n) is 7.79. The fraction of sp³-hybridized carbons (Fsp3) is 0.364. The van der Waals surface area contributed by atoms with Crippen molar-refractivity contribution in [1.29, 1.82) is 0 Å². The van der Waals surface area contributed by atoms with Gasteiger partial charge in [0.2, 0.25) is 21.8 Å². The topological polar surface area (TPSA) is 76.3 Å². The molecule has 2 heterocycles. The van der Waals surface area contributed by atoms with Gasteiger partial charge in [-0.05, 0) is 67.6 Å². The second kappa shape index (κ2) is 8.28. The van der Waals surface area contributed by atoms with Crippen molar-refractivity contribution < 1.29 is 17.2 Å². The number of halogens is 1. The summed E-state index contributed by atoms with van der Waals surface area (Å²) in [6, 6.07) is 11.4. The molecule has 4 rings (SSSR count). The molecule has 158 valence electrons. The van der Waals surface area contributed by atoms with Gasteiger partial charge in [-0.1, -0.05) is 18.2 Å². The number of sulfonamides is 1. The lowest BCUT2D eigenvalue weighted by molar-refractivity contribution is 0.281. The Labute approximate surface area is 175 Å². The van der Waals surface area contributed by atoms with Crippen molar-refractivity contribution in [2.45, 2.75) is 43.9 Å². The molecule has 0 bridgehead atoms. The minimum Gasteiger partial charge on any atom is -0.425 e. The number of rotatable bonds is 5. The van der Waals surface area contributed by atoms with E-state index in [1.54, 1.807) is 24.3 Å². The third-order valence-electron chi connectivity index (χ3n) is 5.60. The number of hydrogen-bond acceptors (Lipinski definition) is 5. The number of piperidine rings is 1. The highest BCUT2D eigenvalue weighted by molar-refractivity contribution is 7.89. The Hall–Kier alpha value is -2.58. The molecule has 0 radical (unpaired) electrons. The van der Waals surface area contributed by atoms with Crippen LogP contribution in [0.5, 0.6) is 0 Å². The van der Waals surface area contributed by atoms with E-state index in [1.165, 1.54) is 16.4 Å². The van der Waals surface area contributed by atoms with Gasteiger partial charge >= 0.3 is 0 Å². The van der Waals surface area contributed by atoms with Crippen LogP contribution in [0, 0.1) is 19.7 Å². The molecule has 0 N–H and O–H groups in total. The van der Waals surface area contributed by atoms with Gasteiger partial charge < -0.3 is 4.42 Å². The highest BCUT2D eigenvalue weighted by atomic mass is 32.2. The van der Waals surface area contributed by atoms with Gasteiger partial charge in [-0.15, -0.1) is 10.2 Å². The third kappa shape index (κ3) is 4.29. The molecule has 1 atom stereocenters. The second-order valence-corrected chi connectivity index (χ2v) is 9.72. The molecular weight excluding hydrogens is 405 g/mol. The van der Waals surface area contributed by atoms with Crippen molar-refractivity contribution in [1.82, 2.24) is 14.5 Å². The van der Waals surface area contributed by atoms with Gasteiger partial charge in [-0.2, -0.15) is 4.31 Å². The number of hydrogen-bond donors (Lipinski definition) is 0. The Balaban J connectivity index is 1.49. The summed E-state index contributed by atoms with van der Waals surface area (Å²) in [6.07, 6.45) is 1.92. The smallest absolute Gasteiger partial charge is 0.243 e. The molecule has 1 saturated heterocycles. The van der Waals surface area contributed by atoms with Gasteiger partial charge in [0.1, 0.15) is 5.82 Å². The number of nitrogens with zero attached hydrogens (tertiary/aromatic N) is 3. The number of benzene rings is 2. The molecular formula is C22H24FN3O3S. The van der Waals surface area contributed by atoms with Crippen molar-refractivity contribution in [3.8, 4) is 0 Å². The van der Waals surface area contributed by atoms with E-state index in [1.807, 2.05) is 19.9 Å². The van der Waals surface area contributed by atoms with E-state index in [-0.39, 0.29) is 11.7 Å². The maximum atomic E-state index is 13.1. The zero-order chi connectivity index (χ0) is 21.3. The normalized spacial score (nSPS) is 17.9. The average molecular weight is 430 g/mol. The third-order valence-corrected chi connectivity index (χ3v) is 7.46. The van der Waals surface area contributed by atoms with Crippen LogP contribution in [0.15, 0.2) is 51.8 Å². The fourth-order valence-corrected chi connectivity index (χ4v) is 5.28. The van der Waals surface area contributed by atoms with Crippen LogP contribution in [0.2, 0.25) is 0 Å². The van der Waals surface area contributed by atoms with E-state index < -0.39 is 10.0 Å². The first-order valence-corrected chi connectivity index (χ1v) is 11.4. The molecule has 0 unspecified atom stereocenters. The lowest BCUT2D eigenvalue weighted by Gasteiger charge is -2.30. The molecule has 0 spiro atoms. The summed E-state index contributed by atoms with van der Waals surface area (Å²) < 4.78 is 46.7. The predicted molar refractivity (Wildman–Crippen MR) is 110 cm³/mol. The molecule has 0 saturated carbocycles. The van der Waals surface area contributed by atoms with Crippen molar-refractivity contribution >= 4 is 10.0 Å². The Morgan fingerprint density at radius 3 is 2.60 bits per heavy atom. The Morgan fingerprint density at radius 1 is 1.10 bits per heavy atom. The quantitative estimate of drug-likeness (QED) is 0.613. The van der Waals surface area contributed by atoms with Gasteiger partial charge in [0.15, 0.2) is 0 Å². The molecule has 8 heteroatoms. The summed E-state index contributed by atoms with van der Waals surface area (Å²) in [5, 5.41) is 8.25. The molecule has 1 aliphatic rings. The number of aromatic nitrogens is 2. The molecule has 0 aliphatic carbocycles. The average Bonchev–Trinajstić information content (AvgIpc) is 3.20. The lowest BCUT2D eigenvalue weighted by atomic mass is 10.00. The van der Waals surface area contributed by atoms with Crippen LogP contribution in [-0.4, -0.2) is 36.0 Å². The van der Waals surface area contributed by atoms with E-state index >= 15 is 0 Å². The van der Waals surface area contributed by atoms with Crippen LogP contribution >= 0.6 is 0 Å². The van der Waals surface area contributed by atoms with E-state index in [9.17, 15) is 12.8 Å². The minimum atomic E-state index is -3.58. The van der Waals surface area contributed by atoms with Gasteiger partial charge in [0, 0.05) is 13.1 Å². The van der Waals surface area contributed by atoms with Crippen molar-refractivity contribution in [3.63, 3.8) is 0 Å². The molecule has 1 aromatic heterocycles. The summed E-state index contributed by atoms with van der Waals surface area (Å²) in [6.45, 7) is 4.66. The molecule has 1 fully saturated rings. The summed E-state index contributed by atoms with van der Waals surface area (Å²) in [5.41, 5.74) is 2.88. The minimum absolute atomic E-state index is 0.144. The molecule has 0 amide bonds. The van der Waals surface area contributed by atoms with Crippen LogP contribution in [0.3, 0.4) is 0 Å². The van der Waals surface area contributed by atoms with Crippen molar-refractivity contribution in [2.75, 3.05) is 13.1 Å². The van der Waals surface area contributed by atoms with E-state index in [0.29, 0.717) is 36.2 Å². The van der Waals surface area contributed by atoms with Gasteiger partial charge in [-0.3, -0.25) is 0 Å². The van der Waals surface area contributed by atoms with Gasteiger partial charge in [0.05, 0.1) is 17.2 Å². The standard InChI is InChI=1S/C22H24FN3O3S/c1-15-5-10-20(12-16(15)2)30(27,28)26-11-3-4-18(14-26)22-25-24-21(29-22)13-17-6-8-19(23)9-7-17/h5-10,12,18H,3-4,11,13-14H2,1-2H3/t18-/m1/s1. The van der Waals surface area contributed by atoms with Crippen molar-refractivity contribution in [2.24, 2.45) is 0 Å². The highest BCUT2D eigenvalue weighted by Crippen LogP contribution is 2.30. The number of aryl methyl sites for hydroxylation is 2. The SMILES string of the molecule is Cc1ccc(S(=O)(=O)N2CCC[C@@H](c3nnc(Cc4ccc(F)cc4)o3)C2)cc1C. The molecule has 6 nitrogen and oxygen atoms in total. The van der Waals surface area contributed by atoms with Crippen molar-refractivity contribution in [3.05, 3.63) is 76.8 Å². The van der Waals surface area contributed by atoms with Gasteiger partial charge in [0.25, 0.3) is 0 Å². The van der Waals surface area contributed by atoms with E-state index in [0.717, 1.165) is 29.5 Å².